The Morgan fingerprint density at radius 1 is 1.48 bits per heavy atom. The maximum Gasteiger partial charge on any atom is 0.243 e. The maximum atomic E-state index is 13.3. The van der Waals surface area contributed by atoms with E-state index in [1.165, 1.54) is 0 Å². The van der Waals surface area contributed by atoms with E-state index in [1.54, 1.807) is 13.8 Å². The molecule has 0 aromatic heterocycles. The van der Waals surface area contributed by atoms with Crippen LogP contribution in [0.5, 0.6) is 0 Å². The van der Waals surface area contributed by atoms with Crippen molar-refractivity contribution in [2.45, 2.75) is 37.1 Å². The molecule has 0 radical (unpaired) electrons. The lowest BCUT2D eigenvalue weighted by Gasteiger charge is -2.31. The minimum Gasteiger partial charge on any atom is -0.409 e. The Hall–Kier alpha value is -1.38. The standard InChI is InChI=1S/C12H17ClFN3O3S/c1-3-12(4-2,11(15)16-18)17-21(19,20)10-7-8(14)5-6-9(10)13/h5-7,17-18H,3-4H2,1-2H3,(H2,15,16). The number of hydrogen-bond acceptors (Lipinski definition) is 4. The normalized spacial score (nSPS) is 13.4. The van der Waals surface area contributed by atoms with Crippen LogP contribution in [0.15, 0.2) is 28.3 Å². The Kier molecular flexibility index (Phi) is 5.54. The fraction of sp³-hybridized carbons (Fsp3) is 0.417. The van der Waals surface area contributed by atoms with E-state index in [2.05, 4.69) is 9.88 Å². The van der Waals surface area contributed by atoms with Crippen LogP contribution in [0.2, 0.25) is 5.02 Å². The molecule has 6 nitrogen and oxygen atoms in total. The molecule has 0 unspecified atom stereocenters. The smallest absolute Gasteiger partial charge is 0.243 e. The first-order valence-electron chi connectivity index (χ1n) is 6.19. The van der Waals surface area contributed by atoms with E-state index in [-0.39, 0.29) is 23.7 Å². The number of sulfonamides is 1. The van der Waals surface area contributed by atoms with Crippen molar-refractivity contribution in [2.75, 3.05) is 0 Å². The van der Waals surface area contributed by atoms with Crippen molar-refractivity contribution in [3.8, 4) is 0 Å². The summed E-state index contributed by atoms with van der Waals surface area (Å²) in [5.41, 5.74) is 4.32. The predicted octanol–water partition coefficient (Wildman–Crippen LogP) is 2.06. The van der Waals surface area contributed by atoms with Crippen molar-refractivity contribution in [3.05, 3.63) is 29.0 Å². The Bertz CT molecular complexity index is 645. The van der Waals surface area contributed by atoms with Gasteiger partial charge in [-0.1, -0.05) is 30.6 Å². The summed E-state index contributed by atoms with van der Waals surface area (Å²) in [6.07, 6.45) is 0.483. The van der Waals surface area contributed by atoms with E-state index in [9.17, 15) is 12.8 Å². The number of benzene rings is 1. The van der Waals surface area contributed by atoms with Crippen molar-refractivity contribution < 1.29 is 18.0 Å². The van der Waals surface area contributed by atoms with Gasteiger partial charge in [0.05, 0.1) is 10.6 Å². The van der Waals surface area contributed by atoms with Crippen LogP contribution in [0.1, 0.15) is 26.7 Å². The molecule has 0 heterocycles. The summed E-state index contributed by atoms with van der Waals surface area (Å²) in [6.45, 7) is 3.36. The minimum atomic E-state index is -4.14. The summed E-state index contributed by atoms with van der Waals surface area (Å²) in [7, 11) is -4.14. The van der Waals surface area contributed by atoms with Gasteiger partial charge < -0.3 is 10.9 Å². The van der Waals surface area contributed by atoms with Crippen molar-refractivity contribution in [1.29, 1.82) is 0 Å². The van der Waals surface area contributed by atoms with E-state index < -0.39 is 26.3 Å². The number of oxime groups is 1. The molecule has 0 aliphatic rings. The van der Waals surface area contributed by atoms with Gasteiger partial charge in [-0.05, 0) is 31.0 Å². The van der Waals surface area contributed by atoms with Crippen LogP contribution >= 0.6 is 11.6 Å². The Morgan fingerprint density at radius 3 is 2.52 bits per heavy atom. The molecular weight excluding hydrogens is 321 g/mol. The van der Waals surface area contributed by atoms with Gasteiger partial charge in [-0.2, -0.15) is 4.72 Å². The molecule has 118 valence electrons. The molecule has 4 N–H and O–H groups in total. The van der Waals surface area contributed by atoms with Gasteiger partial charge in [-0.3, -0.25) is 0 Å². The van der Waals surface area contributed by atoms with Crippen LogP contribution in [0, 0.1) is 5.82 Å². The summed E-state index contributed by atoms with van der Waals surface area (Å²) in [6, 6.07) is 3.01. The quantitative estimate of drug-likeness (QED) is 0.320. The third-order valence-electron chi connectivity index (χ3n) is 3.32. The van der Waals surface area contributed by atoms with Crippen LogP contribution in [0.3, 0.4) is 0 Å². The summed E-state index contributed by atoms with van der Waals surface area (Å²) in [5.74, 6) is -1.01. The molecule has 0 atom stereocenters. The van der Waals surface area contributed by atoms with Gasteiger partial charge in [-0.15, -0.1) is 0 Å². The molecule has 0 fully saturated rings. The number of amidine groups is 1. The van der Waals surface area contributed by atoms with E-state index in [4.69, 9.17) is 22.5 Å². The Morgan fingerprint density at radius 2 is 2.05 bits per heavy atom. The molecule has 0 spiro atoms. The third kappa shape index (κ3) is 3.63. The van der Waals surface area contributed by atoms with Crippen LogP contribution in [-0.4, -0.2) is 25.0 Å². The molecule has 1 aromatic carbocycles. The number of nitrogens with one attached hydrogen (secondary N) is 1. The van der Waals surface area contributed by atoms with Gasteiger partial charge in [-0.25, -0.2) is 12.8 Å². The highest BCUT2D eigenvalue weighted by molar-refractivity contribution is 7.89. The van der Waals surface area contributed by atoms with Gasteiger partial charge in [0.15, 0.2) is 5.84 Å². The second-order valence-electron chi connectivity index (χ2n) is 4.45. The van der Waals surface area contributed by atoms with E-state index in [0.717, 1.165) is 18.2 Å². The SMILES string of the molecule is CCC(CC)(NS(=O)(=O)c1cc(F)ccc1Cl)/C(N)=N/O. The molecule has 0 aliphatic carbocycles. The van der Waals surface area contributed by atoms with Gasteiger partial charge in [0.25, 0.3) is 0 Å². The lowest BCUT2D eigenvalue weighted by molar-refractivity contribution is 0.307. The van der Waals surface area contributed by atoms with Crippen LogP contribution in [0.25, 0.3) is 0 Å². The monoisotopic (exact) mass is 337 g/mol. The zero-order valence-electron chi connectivity index (χ0n) is 11.6. The third-order valence-corrected chi connectivity index (χ3v) is 5.34. The number of nitrogens with zero attached hydrogens (tertiary/aromatic N) is 1. The van der Waals surface area contributed by atoms with Crippen molar-refractivity contribution in [3.63, 3.8) is 0 Å². The predicted molar refractivity (Wildman–Crippen MR) is 78.5 cm³/mol. The molecule has 21 heavy (non-hydrogen) atoms. The van der Waals surface area contributed by atoms with Crippen LogP contribution in [-0.2, 0) is 10.0 Å². The molecule has 0 saturated carbocycles. The van der Waals surface area contributed by atoms with Crippen molar-refractivity contribution >= 4 is 27.5 Å². The first-order valence-corrected chi connectivity index (χ1v) is 8.05. The second kappa shape index (κ2) is 6.59. The van der Waals surface area contributed by atoms with Gasteiger partial charge in [0.2, 0.25) is 10.0 Å². The fourth-order valence-electron chi connectivity index (χ4n) is 1.90. The molecule has 9 heteroatoms. The summed E-state index contributed by atoms with van der Waals surface area (Å²) < 4.78 is 40.4. The fourth-order valence-corrected chi connectivity index (χ4v) is 3.93. The average Bonchev–Trinajstić information content (AvgIpc) is 2.46. The first kappa shape index (κ1) is 17.7. The zero-order valence-corrected chi connectivity index (χ0v) is 13.2. The number of nitrogens with two attached hydrogens (primary N) is 1. The van der Waals surface area contributed by atoms with E-state index >= 15 is 0 Å². The molecule has 1 aromatic rings. The molecule has 0 bridgehead atoms. The highest BCUT2D eigenvalue weighted by Gasteiger charge is 2.37. The summed E-state index contributed by atoms with van der Waals surface area (Å²) >= 11 is 5.81. The highest BCUT2D eigenvalue weighted by Crippen LogP contribution is 2.25. The summed E-state index contributed by atoms with van der Waals surface area (Å²) in [4.78, 5) is -0.402. The number of hydrogen-bond donors (Lipinski definition) is 3. The zero-order chi connectivity index (χ0) is 16.3. The van der Waals surface area contributed by atoms with E-state index in [0.29, 0.717) is 0 Å². The Balaban J connectivity index is 3.34. The molecule has 0 saturated heterocycles. The summed E-state index contributed by atoms with van der Waals surface area (Å²) in [5, 5.41) is 11.6. The first-order chi connectivity index (χ1) is 9.72. The lowest BCUT2D eigenvalue weighted by atomic mass is 9.93. The van der Waals surface area contributed by atoms with Crippen LogP contribution in [0.4, 0.5) is 4.39 Å². The molecule has 1 rings (SSSR count). The second-order valence-corrected chi connectivity index (χ2v) is 6.51. The topological polar surface area (TPSA) is 105 Å². The number of rotatable bonds is 6. The molecule has 0 amide bonds. The van der Waals surface area contributed by atoms with Gasteiger partial charge in [0.1, 0.15) is 10.7 Å². The van der Waals surface area contributed by atoms with Gasteiger partial charge in [0, 0.05) is 0 Å². The minimum absolute atomic E-state index is 0.121. The molecular formula is C12H17ClFN3O3S. The maximum absolute atomic E-state index is 13.3. The Labute approximate surface area is 127 Å². The average molecular weight is 338 g/mol. The van der Waals surface area contributed by atoms with Gasteiger partial charge >= 0.3 is 0 Å². The number of halogens is 2. The van der Waals surface area contributed by atoms with Crippen molar-refractivity contribution in [1.82, 2.24) is 4.72 Å². The highest BCUT2D eigenvalue weighted by atomic mass is 35.5. The largest absolute Gasteiger partial charge is 0.409 e. The van der Waals surface area contributed by atoms with Crippen LogP contribution < -0.4 is 10.5 Å². The van der Waals surface area contributed by atoms with Crippen molar-refractivity contribution in [2.24, 2.45) is 10.9 Å². The lowest BCUT2D eigenvalue weighted by Crippen LogP contribution is -2.56. The van der Waals surface area contributed by atoms with E-state index in [1.807, 2.05) is 0 Å². The molecule has 0 aliphatic heterocycles.